The number of aliphatic hydroxyl groups excluding tert-OH is 1. The lowest BCUT2D eigenvalue weighted by atomic mass is 10.3. The van der Waals surface area contributed by atoms with Gasteiger partial charge in [0.2, 0.25) is 5.89 Å². The average molecular weight is 258 g/mol. The van der Waals surface area contributed by atoms with Gasteiger partial charge in [-0.05, 0) is 13.8 Å². The number of ether oxygens (including phenoxy) is 2. The number of hydrogen-bond donors (Lipinski definition) is 2. The van der Waals surface area contributed by atoms with Crippen molar-refractivity contribution in [3.63, 3.8) is 0 Å². The van der Waals surface area contributed by atoms with Crippen molar-refractivity contribution in [2.45, 2.75) is 32.6 Å². The number of aliphatic hydroxyl groups is 1. The molecule has 0 saturated carbocycles. The average Bonchev–Trinajstić information content (AvgIpc) is 2.73. The standard InChI is InChI=1S/C12H22N2O4/c1-9-4-14-12(18-9)6-13-5-11(15)8-17-10(2)7-16-3/h4,10-11,13,15H,5-8H2,1-3H3. The van der Waals surface area contributed by atoms with E-state index in [-0.39, 0.29) is 12.7 Å². The molecule has 6 nitrogen and oxygen atoms in total. The SMILES string of the molecule is COCC(C)OCC(O)CNCc1ncc(C)o1. The molecular formula is C12H22N2O4. The van der Waals surface area contributed by atoms with E-state index in [0.29, 0.717) is 25.6 Å². The molecule has 2 unspecified atom stereocenters. The van der Waals surface area contributed by atoms with E-state index in [4.69, 9.17) is 13.9 Å². The largest absolute Gasteiger partial charge is 0.445 e. The van der Waals surface area contributed by atoms with Crippen molar-refractivity contribution in [1.82, 2.24) is 10.3 Å². The fraction of sp³-hybridized carbons (Fsp3) is 0.750. The van der Waals surface area contributed by atoms with Gasteiger partial charge in [0.1, 0.15) is 5.76 Å². The summed E-state index contributed by atoms with van der Waals surface area (Å²) >= 11 is 0. The van der Waals surface area contributed by atoms with Crippen LogP contribution in [0.5, 0.6) is 0 Å². The molecule has 1 aromatic heterocycles. The van der Waals surface area contributed by atoms with Gasteiger partial charge in [-0.15, -0.1) is 0 Å². The van der Waals surface area contributed by atoms with Crippen molar-refractivity contribution in [1.29, 1.82) is 0 Å². The zero-order valence-electron chi connectivity index (χ0n) is 11.2. The van der Waals surface area contributed by atoms with Crippen LogP contribution in [0.15, 0.2) is 10.6 Å². The minimum atomic E-state index is -0.555. The molecule has 0 amide bonds. The Morgan fingerprint density at radius 2 is 2.28 bits per heavy atom. The molecule has 6 heteroatoms. The Hall–Kier alpha value is -0.950. The normalized spacial score (nSPS) is 14.7. The highest BCUT2D eigenvalue weighted by Crippen LogP contribution is 2.00. The summed E-state index contributed by atoms with van der Waals surface area (Å²) in [6.07, 6.45) is 1.10. The molecule has 0 fully saturated rings. The number of aryl methyl sites for hydroxylation is 1. The number of hydrogen-bond acceptors (Lipinski definition) is 6. The van der Waals surface area contributed by atoms with Crippen LogP contribution >= 0.6 is 0 Å². The molecule has 0 aliphatic rings. The molecule has 1 rings (SSSR count). The summed E-state index contributed by atoms with van der Waals surface area (Å²) < 4.78 is 15.6. The molecule has 18 heavy (non-hydrogen) atoms. The third-order valence-electron chi connectivity index (χ3n) is 2.30. The second kappa shape index (κ2) is 8.20. The van der Waals surface area contributed by atoms with Gasteiger partial charge in [-0.3, -0.25) is 0 Å². The van der Waals surface area contributed by atoms with Crippen molar-refractivity contribution >= 4 is 0 Å². The molecule has 2 N–H and O–H groups in total. The molecule has 0 radical (unpaired) electrons. The Kier molecular flexibility index (Phi) is 6.89. The van der Waals surface area contributed by atoms with Crippen LogP contribution in [-0.4, -0.2) is 49.2 Å². The number of aromatic nitrogens is 1. The van der Waals surface area contributed by atoms with Crippen molar-refractivity contribution in [3.8, 4) is 0 Å². The summed E-state index contributed by atoms with van der Waals surface area (Å²) in [7, 11) is 1.62. The van der Waals surface area contributed by atoms with Gasteiger partial charge >= 0.3 is 0 Å². The van der Waals surface area contributed by atoms with Crippen molar-refractivity contribution in [2.75, 3.05) is 26.9 Å². The first-order valence-electron chi connectivity index (χ1n) is 6.02. The number of rotatable bonds is 9. The first-order valence-corrected chi connectivity index (χ1v) is 6.02. The van der Waals surface area contributed by atoms with Gasteiger partial charge < -0.3 is 24.3 Å². The summed E-state index contributed by atoms with van der Waals surface area (Å²) in [5.74, 6) is 1.40. The summed E-state index contributed by atoms with van der Waals surface area (Å²) in [6.45, 7) is 5.48. The van der Waals surface area contributed by atoms with Gasteiger partial charge in [-0.1, -0.05) is 0 Å². The summed E-state index contributed by atoms with van der Waals surface area (Å²) in [5, 5.41) is 12.7. The molecule has 0 aliphatic heterocycles. The Labute approximate surface area is 107 Å². The molecule has 1 aromatic rings. The van der Waals surface area contributed by atoms with E-state index in [1.807, 2.05) is 13.8 Å². The van der Waals surface area contributed by atoms with Gasteiger partial charge in [0.25, 0.3) is 0 Å². The molecule has 0 spiro atoms. The predicted molar refractivity (Wildman–Crippen MR) is 66.2 cm³/mol. The van der Waals surface area contributed by atoms with Crippen LogP contribution in [0.3, 0.4) is 0 Å². The third-order valence-corrected chi connectivity index (χ3v) is 2.30. The van der Waals surface area contributed by atoms with Crippen LogP contribution < -0.4 is 5.32 Å². The third kappa shape index (κ3) is 6.11. The number of nitrogens with zero attached hydrogens (tertiary/aromatic N) is 1. The van der Waals surface area contributed by atoms with Crippen molar-refractivity contribution in [2.24, 2.45) is 0 Å². The van der Waals surface area contributed by atoms with E-state index >= 15 is 0 Å². The Balaban J connectivity index is 2.08. The Morgan fingerprint density at radius 3 is 2.89 bits per heavy atom. The minimum absolute atomic E-state index is 0.0148. The zero-order chi connectivity index (χ0) is 13.4. The van der Waals surface area contributed by atoms with Crippen molar-refractivity contribution < 1.29 is 19.0 Å². The van der Waals surface area contributed by atoms with Crippen LogP contribution in [0, 0.1) is 6.92 Å². The smallest absolute Gasteiger partial charge is 0.208 e. The maximum Gasteiger partial charge on any atom is 0.208 e. The van der Waals surface area contributed by atoms with E-state index in [1.165, 1.54) is 0 Å². The molecule has 2 atom stereocenters. The van der Waals surface area contributed by atoms with E-state index in [2.05, 4.69) is 10.3 Å². The maximum absolute atomic E-state index is 9.67. The van der Waals surface area contributed by atoms with E-state index in [9.17, 15) is 5.11 Å². The van der Waals surface area contributed by atoms with Gasteiger partial charge in [0.05, 0.1) is 38.2 Å². The fourth-order valence-electron chi connectivity index (χ4n) is 1.45. The summed E-state index contributed by atoms with van der Waals surface area (Å²) in [5.41, 5.74) is 0. The lowest BCUT2D eigenvalue weighted by Crippen LogP contribution is -2.32. The van der Waals surface area contributed by atoms with E-state index in [1.54, 1.807) is 13.3 Å². The lowest BCUT2D eigenvalue weighted by Gasteiger charge is -2.15. The monoisotopic (exact) mass is 258 g/mol. The molecular weight excluding hydrogens is 236 g/mol. The Morgan fingerprint density at radius 1 is 1.50 bits per heavy atom. The van der Waals surface area contributed by atoms with E-state index < -0.39 is 6.10 Å². The second-order valence-electron chi connectivity index (χ2n) is 4.25. The van der Waals surface area contributed by atoms with Gasteiger partial charge in [0.15, 0.2) is 0 Å². The fourth-order valence-corrected chi connectivity index (χ4v) is 1.45. The van der Waals surface area contributed by atoms with Crippen LogP contribution in [0.25, 0.3) is 0 Å². The highest BCUT2D eigenvalue weighted by Gasteiger charge is 2.08. The molecule has 1 heterocycles. The van der Waals surface area contributed by atoms with Crippen LogP contribution in [0.1, 0.15) is 18.6 Å². The van der Waals surface area contributed by atoms with Crippen LogP contribution in [0.2, 0.25) is 0 Å². The highest BCUT2D eigenvalue weighted by atomic mass is 16.5. The topological polar surface area (TPSA) is 76.8 Å². The van der Waals surface area contributed by atoms with Crippen molar-refractivity contribution in [3.05, 3.63) is 17.8 Å². The lowest BCUT2D eigenvalue weighted by molar-refractivity contribution is -0.0312. The minimum Gasteiger partial charge on any atom is -0.445 e. The summed E-state index contributed by atoms with van der Waals surface area (Å²) in [6, 6.07) is 0. The first-order chi connectivity index (χ1) is 8.61. The molecule has 0 saturated heterocycles. The number of nitrogens with one attached hydrogen (secondary N) is 1. The van der Waals surface area contributed by atoms with Gasteiger partial charge in [-0.25, -0.2) is 4.98 Å². The predicted octanol–water partition coefficient (Wildman–Crippen LogP) is 0.485. The van der Waals surface area contributed by atoms with E-state index in [0.717, 1.165) is 5.76 Å². The van der Waals surface area contributed by atoms with Crippen LogP contribution in [-0.2, 0) is 16.0 Å². The summed E-state index contributed by atoms with van der Waals surface area (Å²) in [4.78, 5) is 4.05. The molecule has 104 valence electrons. The van der Waals surface area contributed by atoms with Crippen LogP contribution in [0.4, 0.5) is 0 Å². The van der Waals surface area contributed by atoms with Gasteiger partial charge in [-0.2, -0.15) is 0 Å². The first kappa shape index (κ1) is 15.1. The molecule has 0 bridgehead atoms. The quantitative estimate of drug-likeness (QED) is 0.671. The van der Waals surface area contributed by atoms with Gasteiger partial charge in [0, 0.05) is 13.7 Å². The zero-order valence-corrected chi connectivity index (χ0v) is 11.2. The molecule has 0 aliphatic carbocycles. The Bertz CT molecular complexity index is 330. The number of methoxy groups -OCH3 is 1. The second-order valence-corrected chi connectivity index (χ2v) is 4.25. The molecule has 0 aromatic carbocycles. The maximum atomic E-state index is 9.67. The number of oxazole rings is 1. The highest BCUT2D eigenvalue weighted by molar-refractivity contribution is 4.90.